The molecule has 5 N–H and O–H groups in total. The van der Waals surface area contributed by atoms with Gasteiger partial charge in [-0.3, -0.25) is 4.79 Å². The van der Waals surface area contributed by atoms with Crippen LogP contribution in [-0.4, -0.2) is 63.0 Å². The molecule has 1 aromatic carbocycles. The van der Waals surface area contributed by atoms with Crippen molar-refractivity contribution in [3.05, 3.63) is 23.8 Å². The fourth-order valence-electron chi connectivity index (χ4n) is 2.75. The number of amides is 1. The predicted molar refractivity (Wildman–Crippen MR) is 97.7 cm³/mol. The second-order valence-electron chi connectivity index (χ2n) is 6.51. The van der Waals surface area contributed by atoms with E-state index >= 15 is 0 Å². The van der Waals surface area contributed by atoms with Crippen molar-refractivity contribution >= 4 is 17.6 Å². The lowest BCUT2D eigenvalue weighted by Crippen LogP contribution is -2.61. The van der Waals surface area contributed by atoms with Gasteiger partial charge >= 0.3 is 5.97 Å². The molecule has 1 aromatic rings. The third kappa shape index (κ3) is 5.64. The first-order valence-corrected chi connectivity index (χ1v) is 8.90. The minimum atomic E-state index is -3.05. The SMILES string of the molecule is C#CCCCC(=O)Nc1ccc(O[C@@H]2OC(C(=O)O)[C@@H](O)[C@H](O)C2O)c(C(F)F)c1. The quantitative estimate of drug-likeness (QED) is 0.299. The number of aliphatic carboxylic acids is 1. The van der Waals surface area contributed by atoms with Gasteiger partial charge in [-0.15, -0.1) is 12.3 Å². The van der Waals surface area contributed by atoms with Gasteiger partial charge in [0.1, 0.15) is 24.1 Å². The van der Waals surface area contributed by atoms with E-state index in [1.807, 2.05) is 0 Å². The average molecular weight is 429 g/mol. The maximum atomic E-state index is 13.5. The molecule has 0 spiro atoms. The lowest BCUT2D eigenvalue weighted by Gasteiger charge is -2.38. The monoisotopic (exact) mass is 429 g/mol. The Morgan fingerprint density at radius 2 is 1.93 bits per heavy atom. The van der Waals surface area contributed by atoms with Gasteiger partial charge in [-0.1, -0.05) is 0 Å². The molecule has 1 amide bonds. The zero-order chi connectivity index (χ0) is 22.4. The molecule has 1 fully saturated rings. The zero-order valence-electron chi connectivity index (χ0n) is 15.6. The maximum Gasteiger partial charge on any atom is 0.335 e. The fraction of sp³-hybridized carbons (Fsp3) is 0.474. The molecule has 2 rings (SSSR count). The third-order valence-electron chi connectivity index (χ3n) is 4.31. The number of alkyl halides is 2. The number of halogens is 2. The molecule has 1 saturated heterocycles. The van der Waals surface area contributed by atoms with E-state index in [0.717, 1.165) is 12.1 Å². The summed E-state index contributed by atoms with van der Waals surface area (Å²) in [6, 6.07) is 3.28. The first-order chi connectivity index (χ1) is 14.1. The number of terminal acetylenes is 1. The molecule has 5 atom stereocenters. The molecule has 1 aliphatic heterocycles. The third-order valence-corrected chi connectivity index (χ3v) is 4.31. The standard InChI is InChI=1S/C19H21F2NO8/c1-2-3-4-5-12(23)22-9-6-7-11(10(8-9)17(20)21)29-19-15(26)13(24)14(25)16(30-19)18(27)28/h1,6-8,13-17,19,24-26H,3-5H2,(H,22,23)(H,27,28)/t13-,14-,15?,16?,19+/m0/s1. The summed E-state index contributed by atoms with van der Waals surface area (Å²) in [4.78, 5) is 22.9. The van der Waals surface area contributed by atoms with Crippen LogP contribution in [0.2, 0.25) is 0 Å². The number of nitrogens with one attached hydrogen (secondary N) is 1. The number of carboxylic acid groups (broad SMARTS) is 1. The molecular formula is C19H21F2NO8. The Morgan fingerprint density at radius 3 is 2.53 bits per heavy atom. The number of carbonyl (C=O) groups excluding carboxylic acids is 1. The Bertz CT molecular complexity index is 812. The highest BCUT2D eigenvalue weighted by molar-refractivity contribution is 5.90. The van der Waals surface area contributed by atoms with E-state index in [-0.39, 0.29) is 12.1 Å². The summed E-state index contributed by atoms with van der Waals surface area (Å²) in [7, 11) is 0. The van der Waals surface area contributed by atoms with E-state index in [2.05, 4.69) is 11.2 Å². The lowest BCUT2D eigenvalue weighted by molar-refractivity contribution is -0.271. The van der Waals surface area contributed by atoms with Crippen LogP contribution in [0.1, 0.15) is 31.3 Å². The molecule has 11 heteroatoms. The topological polar surface area (TPSA) is 146 Å². The second kappa shape index (κ2) is 10.3. The highest BCUT2D eigenvalue weighted by atomic mass is 19.3. The number of carboxylic acids is 1. The highest BCUT2D eigenvalue weighted by Gasteiger charge is 2.48. The first kappa shape index (κ1) is 23.5. The maximum absolute atomic E-state index is 13.5. The number of rotatable bonds is 8. The lowest BCUT2D eigenvalue weighted by atomic mass is 9.99. The number of anilines is 1. The van der Waals surface area contributed by atoms with Gasteiger partial charge in [0, 0.05) is 18.5 Å². The molecule has 0 aliphatic carbocycles. The van der Waals surface area contributed by atoms with Gasteiger partial charge in [-0.25, -0.2) is 13.6 Å². The van der Waals surface area contributed by atoms with E-state index in [9.17, 15) is 33.7 Å². The minimum Gasteiger partial charge on any atom is -0.479 e. The molecule has 0 aromatic heterocycles. The van der Waals surface area contributed by atoms with Crippen molar-refractivity contribution in [3.8, 4) is 18.1 Å². The van der Waals surface area contributed by atoms with Gasteiger partial charge < -0.3 is 35.2 Å². The number of ether oxygens (including phenoxy) is 2. The summed E-state index contributed by atoms with van der Waals surface area (Å²) in [5.74, 6) is -0.151. The number of carbonyl (C=O) groups is 2. The molecule has 30 heavy (non-hydrogen) atoms. The molecule has 0 saturated carbocycles. The van der Waals surface area contributed by atoms with E-state index in [1.165, 1.54) is 6.07 Å². The van der Waals surface area contributed by atoms with Crippen molar-refractivity contribution in [3.63, 3.8) is 0 Å². The average Bonchev–Trinajstić information content (AvgIpc) is 2.69. The Kier molecular flexibility index (Phi) is 8.08. The van der Waals surface area contributed by atoms with Crippen LogP contribution >= 0.6 is 0 Å². The molecule has 164 valence electrons. The molecule has 1 heterocycles. The highest BCUT2D eigenvalue weighted by Crippen LogP contribution is 2.34. The number of hydrogen-bond acceptors (Lipinski definition) is 7. The number of benzene rings is 1. The smallest absolute Gasteiger partial charge is 0.335 e. The Labute approximate surface area is 170 Å². The second-order valence-corrected chi connectivity index (χ2v) is 6.51. The van der Waals surface area contributed by atoms with Crippen LogP contribution in [0.4, 0.5) is 14.5 Å². The normalized spacial score (nSPS) is 26.1. The Balaban J connectivity index is 2.18. The number of unbranched alkanes of at least 4 members (excludes halogenated alkanes) is 1. The molecule has 0 radical (unpaired) electrons. The van der Waals surface area contributed by atoms with Crippen molar-refractivity contribution in [1.82, 2.24) is 0 Å². The molecule has 1 aliphatic rings. The number of hydrogen-bond donors (Lipinski definition) is 5. The van der Waals surface area contributed by atoms with Crippen LogP contribution in [0.3, 0.4) is 0 Å². The van der Waals surface area contributed by atoms with Crippen LogP contribution in [0.15, 0.2) is 18.2 Å². The van der Waals surface area contributed by atoms with Crippen LogP contribution in [0.5, 0.6) is 5.75 Å². The van der Waals surface area contributed by atoms with Crippen molar-refractivity contribution in [1.29, 1.82) is 0 Å². The first-order valence-electron chi connectivity index (χ1n) is 8.90. The van der Waals surface area contributed by atoms with E-state index < -0.39 is 60.3 Å². The van der Waals surface area contributed by atoms with Gasteiger partial charge in [0.2, 0.25) is 12.2 Å². The van der Waals surface area contributed by atoms with E-state index in [0.29, 0.717) is 12.8 Å². The minimum absolute atomic E-state index is 0.0624. The van der Waals surface area contributed by atoms with Gasteiger partial charge in [0.25, 0.3) is 6.43 Å². The summed E-state index contributed by atoms with van der Waals surface area (Å²) in [6.45, 7) is 0. The molecule has 0 bridgehead atoms. The van der Waals surface area contributed by atoms with E-state index in [1.54, 1.807) is 0 Å². The van der Waals surface area contributed by atoms with Crippen molar-refractivity contribution in [2.75, 3.05) is 5.32 Å². The summed E-state index contributed by atoms with van der Waals surface area (Å²) in [5.41, 5.74) is -0.605. The largest absolute Gasteiger partial charge is 0.479 e. The summed E-state index contributed by atoms with van der Waals surface area (Å²) >= 11 is 0. The van der Waals surface area contributed by atoms with E-state index in [4.69, 9.17) is 21.0 Å². The predicted octanol–water partition coefficient (Wildman–Crippen LogP) is 0.637. The van der Waals surface area contributed by atoms with Crippen LogP contribution < -0.4 is 10.1 Å². The van der Waals surface area contributed by atoms with Crippen LogP contribution in [0, 0.1) is 12.3 Å². The Morgan fingerprint density at radius 1 is 1.23 bits per heavy atom. The van der Waals surface area contributed by atoms with Gasteiger partial charge in [0.15, 0.2) is 6.10 Å². The van der Waals surface area contributed by atoms with Crippen LogP contribution in [-0.2, 0) is 14.3 Å². The van der Waals surface area contributed by atoms with Gasteiger partial charge in [0.05, 0.1) is 5.56 Å². The van der Waals surface area contributed by atoms with Crippen LogP contribution in [0.25, 0.3) is 0 Å². The Hall–Kier alpha value is -2.78. The molecule has 9 nitrogen and oxygen atoms in total. The van der Waals surface area contributed by atoms with Gasteiger partial charge in [-0.2, -0.15) is 0 Å². The van der Waals surface area contributed by atoms with Crippen molar-refractivity contribution in [2.45, 2.75) is 56.4 Å². The summed E-state index contributed by atoms with van der Waals surface area (Å²) in [6.07, 6.45) is -6.60. The number of aliphatic hydroxyl groups excluding tert-OH is 3. The summed E-state index contributed by atoms with van der Waals surface area (Å²) < 4.78 is 37.1. The number of aliphatic hydroxyl groups is 3. The molecule has 2 unspecified atom stereocenters. The van der Waals surface area contributed by atoms with Crippen molar-refractivity contribution in [2.24, 2.45) is 0 Å². The zero-order valence-corrected chi connectivity index (χ0v) is 15.6. The van der Waals surface area contributed by atoms with Gasteiger partial charge in [-0.05, 0) is 24.6 Å². The fourth-order valence-corrected chi connectivity index (χ4v) is 2.75. The summed E-state index contributed by atoms with van der Waals surface area (Å²) in [5, 5.41) is 40.9. The molecular weight excluding hydrogens is 408 g/mol. The van der Waals surface area contributed by atoms with Crippen molar-refractivity contribution < 1.29 is 48.3 Å².